The number of fused-ring (bicyclic) bond motifs is 1. The summed E-state index contributed by atoms with van der Waals surface area (Å²) in [7, 11) is -3.14. The number of Topliss-reactive ketones (excluding diaryl/α,β-unsaturated/α-hetero) is 1. The number of sulfone groups is 1. The van der Waals surface area contributed by atoms with Crippen molar-refractivity contribution in [2.45, 2.75) is 6.42 Å². The number of hydrogen-bond acceptors (Lipinski definition) is 4. The number of halogens is 1. The molecule has 18 heavy (non-hydrogen) atoms. The quantitative estimate of drug-likeness (QED) is 0.812. The van der Waals surface area contributed by atoms with Crippen LogP contribution in [0.4, 0.5) is 4.39 Å². The van der Waals surface area contributed by atoms with E-state index in [9.17, 15) is 17.6 Å². The summed E-state index contributed by atoms with van der Waals surface area (Å²) in [5.41, 5.74) is 0. The molecule has 0 radical (unpaired) electrons. The van der Waals surface area contributed by atoms with E-state index in [4.69, 9.17) is 0 Å². The second-order valence-electron chi connectivity index (χ2n) is 4.10. The van der Waals surface area contributed by atoms with E-state index >= 15 is 0 Å². The molecule has 0 spiro atoms. The molecule has 0 fully saturated rings. The predicted molar refractivity (Wildman–Crippen MR) is 70.4 cm³/mol. The highest BCUT2D eigenvalue weighted by atomic mass is 32.2. The van der Waals surface area contributed by atoms with Gasteiger partial charge in [0, 0.05) is 17.4 Å². The third-order valence-corrected chi connectivity index (χ3v) is 4.56. The minimum atomic E-state index is -3.14. The number of ketones is 1. The highest BCUT2D eigenvalue weighted by molar-refractivity contribution is 7.90. The fourth-order valence-electron chi connectivity index (χ4n) is 1.55. The van der Waals surface area contributed by atoms with E-state index < -0.39 is 9.84 Å². The van der Waals surface area contributed by atoms with E-state index in [1.165, 1.54) is 23.5 Å². The van der Waals surface area contributed by atoms with Gasteiger partial charge in [0.05, 0.1) is 10.6 Å². The molecular formula is C12H11FO3S2. The van der Waals surface area contributed by atoms with E-state index in [1.54, 1.807) is 12.1 Å². The Morgan fingerprint density at radius 3 is 2.72 bits per heavy atom. The molecule has 0 aliphatic carbocycles. The molecule has 0 saturated carbocycles. The summed E-state index contributed by atoms with van der Waals surface area (Å²) >= 11 is 1.25. The normalized spacial score (nSPS) is 11.9. The van der Waals surface area contributed by atoms with E-state index in [1.807, 2.05) is 0 Å². The first-order valence-electron chi connectivity index (χ1n) is 5.25. The van der Waals surface area contributed by atoms with Gasteiger partial charge in [-0.3, -0.25) is 4.79 Å². The van der Waals surface area contributed by atoms with Gasteiger partial charge in [0.15, 0.2) is 5.78 Å². The molecule has 0 unspecified atom stereocenters. The summed E-state index contributed by atoms with van der Waals surface area (Å²) in [6.07, 6.45) is 1.06. The molecule has 0 atom stereocenters. The minimum Gasteiger partial charge on any atom is -0.293 e. The van der Waals surface area contributed by atoms with Crippen LogP contribution in [0.15, 0.2) is 24.3 Å². The molecule has 96 valence electrons. The first-order valence-corrected chi connectivity index (χ1v) is 8.13. The Balaban J connectivity index is 2.23. The first-order chi connectivity index (χ1) is 8.35. The third kappa shape index (κ3) is 3.14. The second kappa shape index (κ2) is 4.78. The lowest BCUT2D eigenvalue weighted by Gasteiger charge is -1.95. The van der Waals surface area contributed by atoms with Crippen LogP contribution in [-0.2, 0) is 9.84 Å². The highest BCUT2D eigenvalue weighted by Gasteiger charge is 2.13. The topological polar surface area (TPSA) is 51.2 Å². The second-order valence-corrected chi connectivity index (χ2v) is 7.44. The van der Waals surface area contributed by atoms with E-state index in [2.05, 4.69) is 0 Å². The highest BCUT2D eigenvalue weighted by Crippen LogP contribution is 2.27. The molecule has 2 rings (SSSR count). The van der Waals surface area contributed by atoms with E-state index in [-0.39, 0.29) is 23.8 Å². The maximum absolute atomic E-state index is 13.0. The van der Waals surface area contributed by atoms with Crippen molar-refractivity contribution in [3.63, 3.8) is 0 Å². The van der Waals surface area contributed by atoms with Gasteiger partial charge in [-0.05, 0) is 29.7 Å². The van der Waals surface area contributed by atoms with Crippen molar-refractivity contribution in [1.82, 2.24) is 0 Å². The lowest BCUT2D eigenvalue weighted by molar-refractivity contribution is 0.0992. The summed E-state index contributed by atoms with van der Waals surface area (Å²) in [6.45, 7) is 0. The Hall–Kier alpha value is -1.27. The lowest BCUT2D eigenvalue weighted by atomic mass is 10.2. The zero-order valence-corrected chi connectivity index (χ0v) is 11.3. The van der Waals surface area contributed by atoms with Gasteiger partial charge in [-0.15, -0.1) is 11.3 Å². The molecule has 0 amide bonds. The summed E-state index contributed by atoms with van der Waals surface area (Å²) in [5.74, 6) is -0.730. The SMILES string of the molecule is CS(=O)(=O)CCC(=O)c1cc2cc(F)ccc2s1. The number of thiophene rings is 1. The number of hydrogen-bond donors (Lipinski definition) is 0. The molecule has 2 aromatic rings. The Morgan fingerprint density at radius 2 is 2.06 bits per heavy atom. The molecule has 1 aromatic heterocycles. The van der Waals surface area contributed by atoms with Crippen molar-refractivity contribution in [2.75, 3.05) is 12.0 Å². The maximum Gasteiger partial charge on any atom is 0.173 e. The van der Waals surface area contributed by atoms with Gasteiger partial charge in [0.2, 0.25) is 0 Å². The zero-order chi connectivity index (χ0) is 13.3. The van der Waals surface area contributed by atoms with Crippen LogP contribution in [0.5, 0.6) is 0 Å². The molecule has 1 heterocycles. The van der Waals surface area contributed by atoms with Crippen LogP contribution in [0, 0.1) is 5.82 Å². The maximum atomic E-state index is 13.0. The summed E-state index contributed by atoms with van der Waals surface area (Å²) in [4.78, 5) is 12.3. The van der Waals surface area contributed by atoms with E-state index in [0.29, 0.717) is 10.3 Å². The van der Waals surface area contributed by atoms with Crippen molar-refractivity contribution in [3.8, 4) is 0 Å². The van der Waals surface area contributed by atoms with Crippen LogP contribution in [0.25, 0.3) is 10.1 Å². The number of carbonyl (C=O) groups excluding carboxylic acids is 1. The van der Waals surface area contributed by atoms with Crippen LogP contribution < -0.4 is 0 Å². The van der Waals surface area contributed by atoms with Gasteiger partial charge in [-0.25, -0.2) is 12.8 Å². The fraction of sp³-hybridized carbons (Fsp3) is 0.250. The number of benzene rings is 1. The molecule has 6 heteroatoms. The van der Waals surface area contributed by atoms with E-state index in [0.717, 1.165) is 11.0 Å². The predicted octanol–water partition coefficient (Wildman–Crippen LogP) is 2.66. The van der Waals surface area contributed by atoms with Crippen LogP contribution >= 0.6 is 11.3 Å². The van der Waals surface area contributed by atoms with Crippen LogP contribution in [0.2, 0.25) is 0 Å². The average Bonchev–Trinajstić information content (AvgIpc) is 2.67. The van der Waals surface area contributed by atoms with Gasteiger partial charge in [-0.2, -0.15) is 0 Å². The van der Waals surface area contributed by atoms with Crippen molar-refractivity contribution in [1.29, 1.82) is 0 Å². The molecule has 0 aliphatic rings. The smallest absolute Gasteiger partial charge is 0.173 e. The zero-order valence-electron chi connectivity index (χ0n) is 9.64. The van der Waals surface area contributed by atoms with Gasteiger partial charge < -0.3 is 0 Å². The van der Waals surface area contributed by atoms with Gasteiger partial charge in [0.1, 0.15) is 15.7 Å². The van der Waals surface area contributed by atoms with Crippen LogP contribution in [0.1, 0.15) is 16.1 Å². The van der Waals surface area contributed by atoms with Crippen molar-refractivity contribution in [3.05, 3.63) is 35.0 Å². The first kappa shape index (κ1) is 13.2. The number of rotatable bonds is 4. The van der Waals surface area contributed by atoms with Gasteiger partial charge in [-0.1, -0.05) is 0 Å². The summed E-state index contributed by atoms with van der Waals surface area (Å²) < 4.78 is 35.8. The van der Waals surface area contributed by atoms with Gasteiger partial charge >= 0.3 is 0 Å². The van der Waals surface area contributed by atoms with Crippen LogP contribution in [-0.4, -0.2) is 26.2 Å². The van der Waals surface area contributed by atoms with Crippen molar-refractivity contribution in [2.24, 2.45) is 0 Å². The Labute approximate surface area is 108 Å². The fourth-order valence-corrected chi connectivity index (χ4v) is 3.12. The summed E-state index contributed by atoms with van der Waals surface area (Å²) in [5, 5.41) is 0.669. The van der Waals surface area contributed by atoms with Gasteiger partial charge in [0.25, 0.3) is 0 Å². The molecular weight excluding hydrogens is 275 g/mol. The minimum absolute atomic E-state index is 0.0336. The van der Waals surface area contributed by atoms with Crippen LogP contribution in [0.3, 0.4) is 0 Å². The Morgan fingerprint density at radius 1 is 1.33 bits per heavy atom. The molecule has 0 aliphatic heterocycles. The Bertz CT molecular complexity index is 701. The average molecular weight is 286 g/mol. The van der Waals surface area contributed by atoms with Crippen molar-refractivity contribution < 1.29 is 17.6 Å². The lowest BCUT2D eigenvalue weighted by Crippen LogP contribution is -2.08. The molecule has 0 bridgehead atoms. The largest absolute Gasteiger partial charge is 0.293 e. The Kier molecular flexibility index (Phi) is 3.49. The molecule has 3 nitrogen and oxygen atoms in total. The monoisotopic (exact) mass is 286 g/mol. The molecule has 1 aromatic carbocycles. The molecule has 0 saturated heterocycles. The third-order valence-electron chi connectivity index (χ3n) is 2.45. The molecule has 0 N–H and O–H groups in total. The van der Waals surface area contributed by atoms with Crippen molar-refractivity contribution >= 4 is 37.0 Å². The standard InChI is InChI=1S/C12H11FO3S2/c1-18(15,16)5-4-10(14)12-7-8-6-9(13)2-3-11(8)17-12/h2-3,6-7H,4-5H2,1H3. The summed E-state index contributed by atoms with van der Waals surface area (Å²) in [6, 6.07) is 5.92. The number of carbonyl (C=O) groups is 1.